The van der Waals surface area contributed by atoms with Gasteiger partial charge in [-0.05, 0) is 61.7 Å². The third kappa shape index (κ3) is 6.60. The van der Waals surface area contributed by atoms with E-state index in [2.05, 4.69) is 5.32 Å². The van der Waals surface area contributed by atoms with E-state index in [-0.39, 0.29) is 17.4 Å². The highest BCUT2D eigenvalue weighted by molar-refractivity contribution is 7.89. The van der Waals surface area contributed by atoms with Crippen LogP contribution in [-0.2, 0) is 14.8 Å². The predicted molar refractivity (Wildman–Crippen MR) is 124 cm³/mol. The molecule has 3 rings (SSSR count). The summed E-state index contributed by atoms with van der Waals surface area (Å²) in [6.07, 6.45) is 2.74. The predicted octanol–water partition coefficient (Wildman–Crippen LogP) is 3.87. The molecular weight excluding hydrogens is 452 g/mol. The van der Waals surface area contributed by atoms with E-state index in [4.69, 9.17) is 21.1 Å². The molecule has 1 aliphatic heterocycles. The van der Waals surface area contributed by atoms with E-state index in [9.17, 15) is 13.2 Å². The minimum absolute atomic E-state index is 0.237. The Labute approximate surface area is 194 Å². The molecule has 1 fully saturated rings. The van der Waals surface area contributed by atoms with Gasteiger partial charge in [0, 0.05) is 18.1 Å². The van der Waals surface area contributed by atoms with Crippen molar-refractivity contribution in [1.29, 1.82) is 0 Å². The third-order valence-electron chi connectivity index (χ3n) is 5.18. The fraction of sp³-hybridized carbons (Fsp3) is 0.435. The molecule has 32 heavy (non-hydrogen) atoms. The van der Waals surface area contributed by atoms with Crippen LogP contribution in [0.15, 0.2) is 53.4 Å². The van der Waals surface area contributed by atoms with Gasteiger partial charge in [-0.15, -0.1) is 0 Å². The Balaban J connectivity index is 1.45. The third-order valence-corrected chi connectivity index (χ3v) is 7.33. The van der Waals surface area contributed by atoms with Crippen molar-refractivity contribution in [1.82, 2.24) is 9.62 Å². The number of amides is 1. The lowest BCUT2D eigenvalue weighted by Gasteiger charge is -2.25. The lowest BCUT2D eigenvalue weighted by molar-refractivity contribution is -0.128. The molecule has 2 aromatic rings. The number of ether oxygens (including phenoxy) is 2. The van der Waals surface area contributed by atoms with Crippen molar-refractivity contribution < 1.29 is 22.7 Å². The van der Waals surface area contributed by atoms with Gasteiger partial charge in [0.25, 0.3) is 5.91 Å². The maximum absolute atomic E-state index is 12.7. The molecule has 0 aromatic heterocycles. The summed E-state index contributed by atoms with van der Waals surface area (Å²) in [4.78, 5) is 12.7. The van der Waals surface area contributed by atoms with Crippen molar-refractivity contribution in [3.63, 3.8) is 0 Å². The molecule has 1 aliphatic rings. The molecule has 9 heteroatoms. The highest BCUT2D eigenvalue weighted by Crippen LogP contribution is 2.23. The highest BCUT2D eigenvalue weighted by atomic mass is 35.5. The lowest BCUT2D eigenvalue weighted by Crippen LogP contribution is -2.39. The topological polar surface area (TPSA) is 84.9 Å². The van der Waals surface area contributed by atoms with Gasteiger partial charge in [0.2, 0.25) is 10.0 Å². The van der Waals surface area contributed by atoms with Gasteiger partial charge in [-0.25, -0.2) is 8.42 Å². The fourth-order valence-electron chi connectivity index (χ4n) is 3.45. The summed E-state index contributed by atoms with van der Waals surface area (Å²) < 4.78 is 38.3. The molecule has 1 atom stereocenters. The van der Waals surface area contributed by atoms with Crippen molar-refractivity contribution >= 4 is 27.5 Å². The van der Waals surface area contributed by atoms with Crippen LogP contribution in [0, 0.1) is 0 Å². The first-order valence-corrected chi connectivity index (χ1v) is 12.6. The van der Waals surface area contributed by atoms with Gasteiger partial charge in [-0.2, -0.15) is 4.31 Å². The summed E-state index contributed by atoms with van der Waals surface area (Å²) >= 11 is 5.95. The molecule has 7 nitrogen and oxygen atoms in total. The molecule has 1 amide bonds. The van der Waals surface area contributed by atoms with Gasteiger partial charge >= 0.3 is 0 Å². The number of hydrogen-bond acceptors (Lipinski definition) is 5. The van der Waals surface area contributed by atoms with Gasteiger partial charge in [0.1, 0.15) is 18.1 Å². The quantitative estimate of drug-likeness (QED) is 0.522. The van der Waals surface area contributed by atoms with E-state index in [1.807, 2.05) is 6.92 Å². The number of hydrogen-bond donors (Lipinski definition) is 1. The molecule has 1 unspecified atom stereocenters. The summed E-state index contributed by atoms with van der Waals surface area (Å²) in [6, 6.07) is 13.3. The van der Waals surface area contributed by atoms with Gasteiger partial charge in [-0.3, -0.25) is 4.79 Å². The smallest absolute Gasteiger partial charge is 0.261 e. The Kier molecular flexibility index (Phi) is 8.78. The van der Waals surface area contributed by atoms with Gasteiger partial charge in [0.15, 0.2) is 6.10 Å². The first-order chi connectivity index (χ1) is 15.4. The number of sulfonamides is 1. The van der Waals surface area contributed by atoms with Crippen LogP contribution in [0.2, 0.25) is 5.02 Å². The maximum atomic E-state index is 12.7. The zero-order chi connectivity index (χ0) is 23.0. The Bertz CT molecular complexity index is 992. The molecule has 174 valence electrons. The number of carbonyl (C=O) groups is 1. The number of halogens is 1. The number of piperidine rings is 1. The average molecular weight is 481 g/mol. The van der Waals surface area contributed by atoms with Crippen LogP contribution in [0.25, 0.3) is 0 Å². The summed E-state index contributed by atoms with van der Waals surface area (Å²) in [7, 11) is -3.46. The summed E-state index contributed by atoms with van der Waals surface area (Å²) in [5.41, 5.74) is 0. The summed E-state index contributed by atoms with van der Waals surface area (Å²) in [6.45, 7) is 3.55. The van der Waals surface area contributed by atoms with Crippen molar-refractivity contribution in [2.45, 2.75) is 43.6 Å². The van der Waals surface area contributed by atoms with Gasteiger partial charge < -0.3 is 14.8 Å². The van der Waals surface area contributed by atoms with Crippen LogP contribution >= 0.6 is 11.6 Å². The number of nitrogens with zero attached hydrogens (tertiary/aromatic N) is 1. The zero-order valence-corrected chi connectivity index (χ0v) is 19.7. The van der Waals surface area contributed by atoms with E-state index >= 15 is 0 Å². The maximum Gasteiger partial charge on any atom is 0.261 e. The second kappa shape index (κ2) is 11.5. The molecule has 0 radical (unpaired) electrons. The first-order valence-electron chi connectivity index (χ1n) is 10.8. The Morgan fingerprint density at radius 2 is 1.81 bits per heavy atom. The van der Waals surface area contributed by atoms with Gasteiger partial charge in [-0.1, -0.05) is 31.0 Å². The van der Waals surface area contributed by atoms with Crippen LogP contribution < -0.4 is 14.8 Å². The SMILES string of the molecule is CCC(Oc1cccc(Cl)c1)C(=O)NCCOc1ccc(S(=O)(=O)N2CCCCC2)cc1. The normalized spacial score (nSPS) is 15.7. The summed E-state index contributed by atoms with van der Waals surface area (Å²) in [5.74, 6) is 0.841. The summed E-state index contributed by atoms with van der Waals surface area (Å²) in [5, 5.41) is 3.34. The van der Waals surface area contributed by atoms with Crippen LogP contribution in [0.1, 0.15) is 32.6 Å². The fourth-order valence-corrected chi connectivity index (χ4v) is 5.14. The molecule has 0 aliphatic carbocycles. The highest BCUT2D eigenvalue weighted by Gasteiger charge is 2.25. The molecule has 0 bridgehead atoms. The van der Waals surface area contributed by atoms with Crippen molar-refractivity contribution in [2.75, 3.05) is 26.2 Å². The Hall–Kier alpha value is -2.29. The van der Waals surface area contributed by atoms with Crippen LogP contribution in [0.5, 0.6) is 11.5 Å². The van der Waals surface area contributed by atoms with Crippen LogP contribution in [0.4, 0.5) is 0 Å². The van der Waals surface area contributed by atoms with E-state index in [0.29, 0.717) is 42.6 Å². The van der Waals surface area contributed by atoms with E-state index in [1.54, 1.807) is 48.5 Å². The minimum atomic E-state index is -3.46. The van der Waals surface area contributed by atoms with Crippen molar-refractivity contribution in [3.8, 4) is 11.5 Å². The number of nitrogens with one attached hydrogen (secondary N) is 1. The minimum Gasteiger partial charge on any atom is -0.492 e. The number of carbonyl (C=O) groups excluding carboxylic acids is 1. The largest absolute Gasteiger partial charge is 0.492 e. The van der Waals surface area contributed by atoms with Crippen LogP contribution in [-0.4, -0.2) is 51.0 Å². The second-order valence-electron chi connectivity index (χ2n) is 7.55. The molecule has 1 saturated heterocycles. The number of rotatable bonds is 10. The standard InChI is InChI=1S/C23H29ClN2O5S/c1-2-22(31-20-8-6-7-18(24)17-20)23(27)25-13-16-30-19-9-11-21(12-10-19)32(28,29)26-14-4-3-5-15-26/h6-12,17,22H,2-5,13-16H2,1H3,(H,25,27). The van der Waals surface area contributed by atoms with E-state index in [0.717, 1.165) is 19.3 Å². The number of benzene rings is 2. The van der Waals surface area contributed by atoms with Crippen LogP contribution in [0.3, 0.4) is 0 Å². The Morgan fingerprint density at radius 1 is 1.09 bits per heavy atom. The van der Waals surface area contributed by atoms with Gasteiger partial charge in [0.05, 0.1) is 11.4 Å². The molecule has 0 saturated carbocycles. The van der Waals surface area contributed by atoms with Crippen molar-refractivity contribution in [3.05, 3.63) is 53.6 Å². The van der Waals surface area contributed by atoms with Crippen molar-refractivity contribution in [2.24, 2.45) is 0 Å². The van der Waals surface area contributed by atoms with E-state index < -0.39 is 16.1 Å². The van der Waals surface area contributed by atoms with E-state index in [1.165, 1.54) is 4.31 Å². The molecule has 0 spiro atoms. The molecule has 1 N–H and O–H groups in total. The average Bonchev–Trinajstić information content (AvgIpc) is 2.81. The second-order valence-corrected chi connectivity index (χ2v) is 9.92. The lowest BCUT2D eigenvalue weighted by atomic mass is 10.2. The molecule has 1 heterocycles. The monoisotopic (exact) mass is 480 g/mol. The Morgan fingerprint density at radius 3 is 2.47 bits per heavy atom. The molecule has 2 aromatic carbocycles. The first kappa shape index (κ1) is 24.4. The molecular formula is C23H29ClN2O5S. The zero-order valence-electron chi connectivity index (χ0n) is 18.1.